The van der Waals surface area contributed by atoms with Crippen molar-refractivity contribution in [2.45, 2.75) is 27.7 Å². The average molecular weight is 240 g/mol. The van der Waals surface area contributed by atoms with Crippen LogP contribution in [0.4, 0.5) is 0 Å². The summed E-state index contributed by atoms with van der Waals surface area (Å²) in [7, 11) is 0. The molecule has 0 aliphatic rings. The van der Waals surface area contributed by atoms with Crippen LogP contribution >= 0.6 is 0 Å². The van der Waals surface area contributed by atoms with Crippen molar-refractivity contribution >= 4 is 22.9 Å². The minimum absolute atomic E-state index is 1.14. The third-order valence-corrected chi connectivity index (χ3v) is 2.39. The summed E-state index contributed by atoms with van der Waals surface area (Å²) in [4.78, 5) is 0. The number of rotatable bonds is 2. The monoisotopic (exact) mass is 240 g/mol. The lowest BCUT2D eigenvalue weighted by molar-refractivity contribution is 1.50. The van der Waals surface area contributed by atoms with Crippen LogP contribution in [0.5, 0.6) is 0 Å². The summed E-state index contributed by atoms with van der Waals surface area (Å²) in [6, 6.07) is 12.6. The van der Waals surface area contributed by atoms with E-state index < -0.39 is 0 Å². The molecule has 0 nitrogen and oxygen atoms in total. The Morgan fingerprint density at radius 2 is 1.06 bits per heavy atom. The van der Waals surface area contributed by atoms with Crippen LogP contribution in [0.15, 0.2) is 49.6 Å². The van der Waals surface area contributed by atoms with E-state index in [-0.39, 0.29) is 0 Å². The van der Waals surface area contributed by atoms with Crippen molar-refractivity contribution in [3.8, 4) is 0 Å². The molecular formula is C18H24. The summed E-state index contributed by atoms with van der Waals surface area (Å²) in [5.74, 6) is 0. The molecule has 0 aromatic heterocycles. The molecule has 0 aliphatic carbocycles. The van der Waals surface area contributed by atoms with Gasteiger partial charge in [0.25, 0.3) is 0 Å². The molecule has 0 spiro atoms. The Kier molecular flexibility index (Phi) is 8.30. The van der Waals surface area contributed by atoms with Gasteiger partial charge in [-0.05, 0) is 34.0 Å². The molecule has 2 rings (SSSR count). The summed E-state index contributed by atoms with van der Waals surface area (Å²) >= 11 is 0. The first-order chi connectivity index (χ1) is 8.85. The molecule has 0 bridgehead atoms. The van der Waals surface area contributed by atoms with E-state index in [9.17, 15) is 0 Å². The molecule has 18 heavy (non-hydrogen) atoms. The molecule has 0 fully saturated rings. The standard InChI is InChI=1S/C14H12.2C2H6/c1-3-11-9-13-7-5-6-8-14(13)10-12(11)4-2;2*1-2/h3-10H,1-2H2;2*1-2H3. The van der Waals surface area contributed by atoms with Gasteiger partial charge in [-0.1, -0.05) is 77.3 Å². The highest BCUT2D eigenvalue weighted by Crippen LogP contribution is 2.21. The van der Waals surface area contributed by atoms with Crippen molar-refractivity contribution in [3.05, 3.63) is 60.7 Å². The summed E-state index contributed by atoms with van der Waals surface area (Å²) in [6.07, 6.45) is 3.73. The summed E-state index contributed by atoms with van der Waals surface area (Å²) in [5.41, 5.74) is 2.28. The van der Waals surface area contributed by atoms with E-state index in [4.69, 9.17) is 0 Å². The molecule has 0 saturated carbocycles. The second-order valence-corrected chi connectivity index (χ2v) is 3.24. The van der Waals surface area contributed by atoms with Gasteiger partial charge in [0.1, 0.15) is 0 Å². The molecule has 0 heterocycles. The Morgan fingerprint density at radius 3 is 1.33 bits per heavy atom. The van der Waals surface area contributed by atoms with E-state index in [0.717, 1.165) is 11.1 Å². The lowest BCUT2D eigenvalue weighted by Gasteiger charge is -2.04. The third-order valence-electron chi connectivity index (χ3n) is 2.39. The molecule has 0 unspecified atom stereocenters. The van der Waals surface area contributed by atoms with Crippen LogP contribution in [0.2, 0.25) is 0 Å². The normalized spacial score (nSPS) is 8.44. The van der Waals surface area contributed by atoms with Gasteiger partial charge in [0.15, 0.2) is 0 Å². The zero-order valence-electron chi connectivity index (χ0n) is 12.0. The fourth-order valence-electron chi connectivity index (χ4n) is 1.63. The molecule has 96 valence electrons. The highest BCUT2D eigenvalue weighted by molar-refractivity contribution is 5.88. The van der Waals surface area contributed by atoms with Gasteiger partial charge in [0, 0.05) is 0 Å². The van der Waals surface area contributed by atoms with Crippen LogP contribution < -0.4 is 0 Å². The minimum atomic E-state index is 1.14. The molecule has 2 aromatic carbocycles. The number of hydrogen-bond donors (Lipinski definition) is 0. The Morgan fingerprint density at radius 1 is 0.722 bits per heavy atom. The van der Waals surface area contributed by atoms with Crippen LogP contribution in [-0.4, -0.2) is 0 Å². The zero-order chi connectivity index (χ0) is 14.0. The predicted molar refractivity (Wildman–Crippen MR) is 86.8 cm³/mol. The van der Waals surface area contributed by atoms with Crippen LogP contribution in [0.1, 0.15) is 38.8 Å². The van der Waals surface area contributed by atoms with Gasteiger partial charge in [-0.25, -0.2) is 0 Å². The molecule has 0 saturated heterocycles. The van der Waals surface area contributed by atoms with Gasteiger partial charge in [0.05, 0.1) is 0 Å². The fraction of sp³-hybridized carbons (Fsp3) is 0.222. The van der Waals surface area contributed by atoms with Crippen molar-refractivity contribution in [3.63, 3.8) is 0 Å². The van der Waals surface area contributed by atoms with E-state index in [2.05, 4.69) is 37.4 Å². The summed E-state index contributed by atoms with van der Waals surface area (Å²) < 4.78 is 0. The van der Waals surface area contributed by atoms with Crippen molar-refractivity contribution in [1.29, 1.82) is 0 Å². The van der Waals surface area contributed by atoms with Crippen LogP contribution in [0, 0.1) is 0 Å². The topological polar surface area (TPSA) is 0 Å². The van der Waals surface area contributed by atoms with Gasteiger partial charge >= 0.3 is 0 Å². The zero-order valence-corrected chi connectivity index (χ0v) is 12.0. The van der Waals surface area contributed by atoms with Gasteiger partial charge in [-0.2, -0.15) is 0 Å². The van der Waals surface area contributed by atoms with Gasteiger partial charge < -0.3 is 0 Å². The van der Waals surface area contributed by atoms with Crippen LogP contribution in [0.25, 0.3) is 22.9 Å². The van der Waals surface area contributed by atoms with E-state index in [1.165, 1.54) is 10.8 Å². The molecule has 0 radical (unpaired) electrons. The van der Waals surface area contributed by atoms with Crippen molar-refractivity contribution in [1.82, 2.24) is 0 Å². The predicted octanol–water partition coefficient (Wildman–Crippen LogP) is 6.18. The molecule has 0 heteroatoms. The highest BCUT2D eigenvalue weighted by Gasteiger charge is 1.98. The van der Waals surface area contributed by atoms with Crippen molar-refractivity contribution < 1.29 is 0 Å². The van der Waals surface area contributed by atoms with E-state index in [1.54, 1.807) is 0 Å². The largest absolute Gasteiger partial charge is 0.0984 e. The first-order valence-electron chi connectivity index (χ1n) is 6.63. The van der Waals surface area contributed by atoms with E-state index in [1.807, 2.05) is 52.0 Å². The van der Waals surface area contributed by atoms with Crippen molar-refractivity contribution in [2.24, 2.45) is 0 Å². The number of hydrogen-bond acceptors (Lipinski definition) is 0. The van der Waals surface area contributed by atoms with E-state index in [0.29, 0.717) is 0 Å². The SMILES string of the molecule is C=Cc1cc2ccccc2cc1C=C.CC.CC. The molecule has 2 aromatic rings. The van der Waals surface area contributed by atoms with Gasteiger partial charge in [0.2, 0.25) is 0 Å². The van der Waals surface area contributed by atoms with Gasteiger partial charge in [-0.3, -0.25) is 0 Å². The first-order valence-corrected chi connectivity index (χ1v) is 6.63. The molecule has 0 amide bonds. The maximum absolute atomic E-state index is 3.80. The van der Waals surface area contributed by atoms with Crippen molar-refractivity contribution in [2.75, 3.05) is 0 Å². The lowest BCUT2D eigenvalue weighted by Crippen LogP contribution is -1.81. The Balaban J connectivity index is 0.000000659. The smallest absolute Gasteiger partial charge is 0.0178 e. The van der Waals surface area contributed by atoms with Crippen LogP contribution in [0.3, 0.4) is 0 Å². The molecule has 0 N–H and O–H groups in total. The average Bonchev–Trinajstić information content (AvgIpc) is 2.49. The Labute approximate surface area is 112 Å². The molecule has 0 atom stereocenters. The third kappa shape index (κ3) is 3.89. The second kappa shape index (κ2) is 9.23. The Hall–Kier alpha value is -1.82. The van der Waals surface area contributed by atoms with Crippen LogP contribution in [-0.2, 0) is 0 Å². The summed E-state index contributed by atoms with van der Waals surface area (Å²) in [5, 5.41) is 2.49. The fourth-order valence-corrected chi connectivity index (χ4v) is 1.63. The van der Waals surface area contributed by atoms with Gasteiger partial charge in [-0.15, -0.1) is 0 Å². The quantitative estimate of drug-likeness (QED) is 0.588. The Bertz CT molecular complexity index is 446. The lowest BCUT2D eigenvalue weighted by atomic mass is 10.0. The number of benzene rings is 2. The van der Waals surface area contributed by atoms with E-state index >= 15 is 0 Å². The minimum Gasteiger partial charge on any atom is -0.0984 e. The molecule has 0 aliphatic heterocycles. The second-order valence-electron chi connectivity index (χ2n) is 3.24. The summed E-state index contributed by atoms with van der Waals surface area (Å²) in [6.45, 7) is 15.6. The number of fused-ring (bicyclic) bond motifs is 1. The maximum Gasteiger partial charge on any atom is -0.0178 e. The molecular weight excluding hydrogens is 216 g/mol. The maximum atomic E-state index is 3.80. The first kappa shape index (κ1) is 16.2. The highest BCUT2D eigenvalue weighted by atomic mass is 14.0.